The van der Waals surface area contributed by atoms with E-state index in [4.69, 9.17) is 15.9 Å². The topological polar surface area (TPSA) is 67.2 Å². The second-order valence-electron chi connectivity index (χ2n) is 3.11. The minimum absolute atomic E-state index is 0.434. The molecular formula is C9H4ClF4NO3S. The molecule has 0 aromatic heterocycles. The van der Waals surface area contributed by atoms with Gasteiger partial charge in [0, 0.05) is 22.3 Å². The molecule has 0 atom stereocenters. The third-order valence-corrected chi connectivity index (χ3v) is 3.28. The van der Waals surface area contributed by atoms with Crippen LogP contribution in [0.4, 0.5) is 17.6 Å². The Bertz CT molecular complexity index is 627. The summed E-state index contributed by atoms with van der Waals surface area (Å²) in [6.07, 6.45) is -3.26. The second-order valence-corrected chi connectivity index (χ2v) is 5.68. The largest absolute Gasteiger partial charge is 0.433 e. The smallest absolute Gasteiger partial charge is 0.387 e. The number of alkyl halides is 4. The van der Waals surface area contributed by atoms with Crippen molar-refractivity contribution in [2.24, 2.45) is 0 Å². The molecule has 0 unspecified atom stereocenters. The van der Waals surface area contributed by atoms with Crippen molar-refractivity contribution in [1.29, 1.82) is 5.26 Å². The number of rotatable bonds is 4. The number of ether oxygens (including phenoxy) is 1. The quantitative estimate of drug-likeness (QED) is 0.632. The lowest BCUT2D eigenvalue weighted by Crippen LogP contribution is -2.07. The highest BCUT2D eigenvalue weighted by Gasteiger charge is 2.24. The molecule has 4 nitrogen and oxygen atoms in total. The second kappa shape index (κ2) is 5.63. The minimum atomic E-state index is -4.44. The average Bonchev–Trinajstić information content (AvgIpc) is 2.25. The molecule has 0 amide bonds. The number of hydrogen-bond acceptors (Lipinski definition) is 4. The Labute approximate surface area is 109 Å². The molecule has 1 aromatic carbocycles. The minimum Gasteiger partial charge on any atom is -0.433 e. The van der Waals surface area contributed by atoms with E-state index in [1.165, 1.54) is 6.07 Å². The van der Waals surface area contributed by atoms with Gasteiger partial charge in [-0.15, -0.1) is 0 Å². The molecule has 0 saturated carbocycles. The zero-order valence-electron chi connectivity index (χ0n) is 8.78. The van der Waals surface area contributed by atoms with Crippen molar-refractivity contribution in [3.05, 3.63) is 23.3 Å². The molecule has 19 heavy (non-hydrogen) atoms. The fourth-order valence-electron chi connectivity index (χ4n) is 1.23. The Morgan fingerprint density at radius 2 is 1.84 bits per heavy atom. The van der Waals surface area contributed by atoms with E-state index >= 15 is 0 Å². The van der Waals surface area contributed by atoms with Crippen molar-refractivity contribution in [2.45, 2.75) is 17.9 Å². The molecule has 0 radical (unpaired) electrons. The fraction of sp³-hybridized carbons (Fsp3) is 0.222. The van der Waals surface area contributed by atoms with Crippen LogP contribution in [0.1, 0.15) is 17.6 Å². The monoisotopic (exact) mass is 317 g/mol. The first-order chi connectivity index (χ1) is 8.66. The average molecular weight is 318 g/mol. The van der Waals surface area contributed by atoms with Crippen LogP contribution in [0.2, 0.25) is 0 Å². The van der Waals surface area contributed by atoms with Crippen LogP contribution >= 0.6 is 10.7 Å². The summed E-state index contributed by atoms with van der Waals surface area (Å²) in [6, 6.07) is 2.17. The Morgan fingerprint density at radius 1 is 1.26 bits per heavy atom. The van der Waals surface area contributed by atoms with E-state index in [-0.39, 0.29) is 0 Å². The summed E-state index contributed by atoms with van der Waals surface area (Å²) < 4.78 is 75.5. The lowest BCUT2D eigenvalue weighted by Gasteiger charge is -2.11. The lowest BCUT2D eigenvalue weighted by molar-refractivity contribution is -0.0504. The summed E-state index contributed by atoms with van der Waals surface area (Å²) in [7, 11) is 0.503. The molecule has 0 N–H and O–H groups in total. The Morgan fingerprint density at radius 3 is 2.21 bits per heavy atom. The van der Waals surface area contributed by atoms with E-state index in [1.807, 2.05) is 0 Å². The van der Waals surface area contributed by atoms with Crippen molar-refractivity contribution in [2.75, 3.05) is 0 Å². The van der Waals surface area contributed by atoms with Crippen LogP contribution in [-0.4, -0.2) is 15.0 Å². The van der Waals surface area contributed by atoms with Gasteiger partial charge in [0.1, 0.15) is 17.4 Å². The van der Waals surface area contributed by atoms with Crippen LogP contribution in [-0.2, 0) is 9.05 Å². The number of hydrogen-bond donors (Lipinski definition) is 0. The summed E-state index contributed by atoms with van der Waals surface area (Å²) in [6.45, 7) is -3.41. The van der Waals surface area contributed by atoms with Crippen LogP contribution in [0.5, 0.6) is 5.75 Å². The first-order valence-corrected chi connectivity index (χ1v) is 6.73. The first kappa shape index (κ1) is 15.5. The van der Waals surface area contributed by atoms with E-state index in [0.29, 0.717) is 12.1 Å². The Kier molecular flexibility index (Phi) is 4.60. The van der Waals surface area contributed by atoms with Crippen molar-refractivity contribution in [3.63, 3.8) is 0 Å². The van der Waals surface area contributed by atoms with E-state index in [2.05, 4.69) is 4.74 Å². The third kappa shape index (κ3) is 3.71. The molecule has 0 heterocycles. The van der Waals surface area contributed by atoms with E-state index in [1.54, 1.807) is 0 Å². The molecule has 0 bridgehead atoms. The van der Waals surface area contributed by atoms with Gasteiger partial charge >= 0.3 is 6.61 Å². The molecule has 0 aliphatic heterocycles. The first-order valence-electron chi connectivity index (χ1n) is 4.42. The van der Waals surface area contributed by atoms with Gasteiger partial charge in [0.2, 0.25) is 0 Å². The molecule has 104 valence electrons. The van der Waals surface area contributed by atoms with Gasteiger partial charge in [0.25, 0.3) is 15.5 Å². The normalized spacial score (nSPS) is 11.7. The SMILES string of the molecule is N#Cc1c(OC(F)F)cc(S(=O)(=O)Cl)cc1C(F)F. The van der Waals surface area contributed by atoms with Crippen LogP contribution in [0.25, 0.3) is 0 Å². The zero-order chi connectivity index (χ0) is 14.8. The summed E-state index contributed by atoms with van der Waals surface area (Å²) in [4.78, 5) is -0.862. The van der Waals surface area contributed by atoms with E-state index in [9.17, 15) is 26.0 Å². The van der Waals surface area contributed by atoms with Gasteiger partial charge < -0.3 is 4.74 Å². The summed E-state index contributed by atoms with van der Waals surface area (Å²) in [5.74, 6) is -0.977. The van der Waals surface area contributed by atoms with Crippen LogP contribution in [0.3, 0.4) is 0 Å². The fourth-order valence-corrected chi connectivity index (χ4v) is 2.01. The van der Waals surface area contributed by atoms with Crippen LogP contribution in [0, 0.1) is 11.3 Å². The van der Waals surface area contributed by atoms with Gasteiger partial charge in [-0.05, 0) is 6.07 Å². The van der Waals surface area contributed by atoms with Gasteiger partial charge in [-0.2, -0.15) is 14.0 Å². The van der Waals surface area contributed by atoms with Gasteiger partial charge in [-0.3, -0.25) is 0 Å². The Balaban J connectivity index is 3.60. The highest BCUT2D eigenvalue weighted by Crippen LogP contribution is 2.34. The van der Waals surface area contributed by atoms with Gasteiger partial charge in [0.15, 0.2) is 0 Å². The number of halogens is 5. The van der Waals surface area contributed by atoms with E-state index < -0.39 is 43.9 Å². The predicted molar refractivity (Wildman–Crippen MR) is 55.8 cm³/mol. The zero-order valence-corrected chi connectivity index (χ0v) is 10.4. The summed E-state index contributed by atoms with van der Waals surface area (Å²) in [5, 5.41) is 8.66. The summed E-state index contributed by atoms with van der Waals surface area (Å²) >= 11 is 0. The number of nitriles is 1. The molecule has 0 saturated heterocycles. The molecule has 0 spiro atoms. The van der Waals surface area contributed by atoms with Crippen LogP contribution in [0.15, 0.2) is 17.0 Å². The molecule has 1 aromatic rings. The number of benzene rings is 1. The maximum absolute atomic E-state index is 12.7. The molecule has 0 aliphatic rings. The van der Waals surface area contributed by atoms with Gasteiger partial charge in [0.05, 0.1) is 4.90 Å². The predicted octanol–water partition coefficient (Wildman–Crippen LogP) is 3.02. The standard InChI is InChI=1S/C9H4ClF4NO3S/c10-19(16,17)4-1-5(8(11)12)6(3-15)7(2-4)18-9(13)14/h1-2,8-9H. The maximum Gasteiger partial charge on any atom is 0.387 e. The van der Waals surface area contributed by atoms with Crippen LogP contribution < -0.4 is 4.74 Å². The summed E-state index contributed by atoms with van der Waals surface area (Å²) in [5.41, 5.74) is -1.93. The molecule has 0 fully saturated rings. The van der Waals surface area contributed by atoms with Gasteiger partial charge in [-0.1, -0.05) is 0 Å². The maximum atomic E-state index is 12.7. The highest BCUT2D eigenvalue weighted by molar-refractivity contribution is 8.13. The Hall–Kier alpha value is -1.53. The molecule has 10 heteroatoms. The van der Waals surface area contributed by atoms with Crippen molar-refractivity contribution >= 4 is 19.7 Å². The van der Waals surface area contributed by atoms with Gasteiger partial charge in [-0.25, -0.2) is 17.2 Å². The van der Waals surface area contributed by atoms with Crippen molar-refractivity contribution in [3.8, 4) is 11.8 Å². The highest BCUT2D eigenvalue weighted by atomic mass is 35.7. The van der Waals surface area contributed by atoms with Crippen molar-refractivity contribution in [1.82, 2.24) is 0 Å². The lowest BCUT2D eigenvalue weighted by atomic mass is 10.1. The third-order valence-electron chi connectivity index (χ3n) is 1.95. The molecule has 0 aliphatic carbocycles. The van der Waals surface area contributed by atoms with Crippen molar-refractivity contribution < 1.29 is 30.7 Å². The van der Waals surface area contributed by atoms with E-state index in [0.717, 1.165) is 0 Å². The molecular weight excluding hydrogens is 314 g/mol. The molecule has 1 rings (SSSR count). The number of nitrogens with zero attached hydrogens (tertiary/aromatic N) is 1.